The minimum Gasteiger partial charge on any atom is -0.406 e. The van der Waals surface area contributed by atoms with Gasteiger partial charge >= 0.3 is 6.36 Å². The Kier molecular flexibility index (Phi) is 5.26. The van der Waals surface area contributed by atoms with Crippen LogP contribution in [0.25, 0.3) is 11.4 Å². The Hall–Kier alpha value is -2.17. The minimum absolute atomic E-state index is 0.188. The Morgan fingerprint density at radius 2 is 1.86 bits per heavy atom. The van der Waals surface area contributed by atoms with E-state index < -0.39 is 12.5 Å². The largest absolute Gasteiger partial charge is 0.573 e. The van der Waals surface area contributed by atoms with Crippen molar-refractivity contribution in [1.29, 1.82) is 0 Å². The van der Waals surface area contributed by atoms with E-state index in [9.17, 15) is 18.3 Å². The van der Waals surface area contributed by atoms with Gasteiger partial charge in [-0.3, -0.25) is 4.90 Å². The summed E-state index contributed by atoms with van der Waals surface area (Å²) >= 11 is 0. The Morgan fingerprint density at radius 1 is 1.14 bits per heavy atom. The van der Waals surface area contributed by atoms with E-state index >= 15 is 0 Å². The molecule has 1 aromatic carbocycles. The van der Waals surface area contributed by atoms with Crippen molar-refractivity contribution in [3.8, 4) is 17.1 Å². The summed E-state index contributed by atoms with van der Waals surface area (Å²) in [6, 6.07) is 5.38. The molecule has 0 aliphatic carbocycles. The molecule has 0 saturated carbocycles. The van der Waals surface area contributed by atoms with Crippen molar-refractivity contribution < 1.29 is 32.3 Å². The van der Waals surface area contributed by atoms with E-state index in [4.69, 9.17) is 9.26 Å². The number of alkyl halides is 3. The second-order valence-electron chi connectivity index (χ2n) is 6.97. The molecule has 1 N–H and O–H groups in total. The summed E-state index contributed by atoms with van der Waals surface area (Å²) in [5, 5.41) is 14.1. The minimum atomic E-state index is -4.74. The van der Waals surface area contributed by atoms with E-state index in [1.165, 1.54) is 24.3 Å². The first-order valence-corrected chi connectivity index (χ1v) is 9.10. The van der Waals surface area contributed by atoms with Crippen LogP contribution in [0.15, 0.2) is 28.8 Å². The predicted octanol–water partition coefficient (Wildman–Crippen LogP) is 2.92. The molecule has 28 heavy (non-hydrogen) atoms. The molecule has 0 radical (unpaired) electrons. The average molecular weight is 399 g/mol. The normalized spacial score (nSPS) is 24.6. The lowest BCUT2D eigenvalue weighted by atomic mass is 10.1. The highest BCUT2D eigenvalue weighted by atomic mass is 19.4. The maximum absolute atomic E-state index is 12.3. The molecular weight excluding hydrogens is 379 g/mol. The van der Waals surface area contributed by atoms with Crippen LogP contribution in [0.1, 0.15) is 31.2 Å². The third-order valence-corrected chi connectivity index (χ3v) is 5.05. The van der Waals surface area contributed by atoms with Gasteiger partial charge in [0.15, 0.2) is 0 Å². The Labute approximate surface area is 159 Å². The molecule has 152 valence electrons. The summed E-state index contributed by atoms with van der Waals surface area (Å²) in [6.07, 6.45) is -2.95. The predicted molar refractivity (Wildman–Crippen MR) is 90.3 cm³/mol. The van der Waals surface area contributed by atoms with Crippen LogP contribution in [0, 0.1) is 0 Å². The van der Waals surface area contributed by atoms with Crippen LogP contribution in [0.5, 0.6) is 5.75 Å². The first kappa shape index (κ1) is 19.2. The lowest BCUT2D eigenvalue weighted by molar-refractivity contribution is -0.274. The number of hydrogen-bond acceptors (Lipinski definition) is 7. The number of benzene rings is 1. The summed E-state index contributed by atoms with van der Waals surface area (Å²) in [6.45, 7) is 1.91. The van der Waals surface area contributed by atoms with E-state index in [-0.39, 0.29) is 23.7 Å². The topological polar surface area (TPSA) is 80.9 Å². The summed E-state index contributed by atoms with van der Waals surface area (Å²) in [5.74, 6) is 0.361. The van der Waals surface area contributed by atoms with Crippen molar-refractivity contribution in [1.82, 2.24) is 15.0 Å². The van der Waals surface area contributed by atoms with Crippen LogP contribution in [-0.2, 0) is 4.74 Å². The van der Waals surface area contributed by atoms with Gasteiger partial charge in [-0.2, -0.15) is 4.98 Å². The molecule has 2 fully saturated rings. The number of rotatable bonds is 4. The van der Waals surface area contributed by atoms with Gasteiger partial charge in [-0.1, -0.05) is 5.16 Å². The number of hydrogen-bond donors (Lipinski definition) is 1. The Balaban J connectivity index is 1.50. The van der Waals surface area contributed by atoms with Crippen molar-refractivity contribution in [3.05, 3.63) is 30.2 Å². The van der Waals surface area contributed by atoms with E-state index in [0.717, 1.165) is 12.8 Å². The van der Waals surface area contributed by atoms with Gasteiger partial charge in [-0.05, 0) is 43.5 Å². The van der Waals surface area contributed by atoms with Crippen molar-refractivity contribution in [2.24, 2.45) is 0 Å². The van der Waals surface area contributed by atoms with Crippen LogP contribution >= 0.6 is 0 Å². The van der Waals surface area contributed by atoms with Gasteiger partial charge in [-0.15, -0.1) is 13.2 Å². The lowest BCUT2D eigenvalue weighted by Crippen LogP contribution is -2.39. The third-order valence-electron chi connectivity index (χ3n) is 5.05. The number of β-amino-alcohol motifs (C(OH)–C–C–N with tert-alkyl or cyclic N) is 1. The fourth-order valence-corrected chi connectivity index (χ4v) is 3.79. The highest BCUT2D eigenvalue weighted by molar-refractivity contribution is 5.55. The third kappa shape index (κ3) is 4.29. The quantitative estimate of drug-likeness (QED) is 0.847. The molecule has 1 aromatic heterocycles. The molecule has 2 aromatic rings. The van der Waals surface area contributed by atoms with Crippen LogP contribution in [0.4, 0.5) is 13.2 Å². The van der Waals surface area contributed by atoms with Crippen LogP contribution in [0.3, 0.4) is 0 Å². The smallest absolute Gasteiger partial charge is 0.406 e. The summed E-state index contributed by atoms with van der Waals surface area (Å²) < 4.78 is 51.5. The lowest BCUT2D eigenvalue weighted by Gasteiger charge is -2.33. The fraction of sp³-hybridized carbons (Fsp3) is 0.556. The monoisotopic (exact) mass is 399 g/mol. The number of ether oxygens (including phenoxy) is 2. The molecule has 2 aliphatic heterocycles. The zero-order valence-electron chi connectivity index (χ0n) is 14.9. The van der Waals surface area contributed by atoms with Crippen molar-refractivity contribution in [2.75, 3.05) is 19.8 Å². The first-order valence-electron chi connectivity index (χ1n) is 9.10. The fourth-order valence-electron chi connectivity index (χ4n) is 3.79. The average Bonchev–Trinajstić information content (AvgIpc) is 3.28. The summed E-state index contributed by atoms with van der Waals surface area (Å²) in [7, 11) is 0. The van der Waals surface area contributed by atoms with Crippen molar-refractivity contribution >= 4 is 0 Å². The highest BCUT2D eigenvalue weighted by Crippen LogP contribution is 2.36. The van der Waals surface area contributed by atoms with Gasteiger partial charge < -0.3 is 19.1 Å². The van der Waals surface area contributed by atoms with Gasteiger partial charge in [0, 0.05) is 31.4 Å². The molecule has 0 bridgehead atoms. The molecule has 4 rings (SSSR count). The molecule has 0 amide bonds. The molecule has 2 atom stereocenters. The SMILES string of the molecule is OC1CC(c2nc(-c3ccc(OC(F)(F)F)cc3)no2)N(C2CCOCC2)C1. The first-order chi connectivity index (χ1) is 13.4. The maximum Gasteiger partial charge on any atom is 0.573 e. The molecule has 2 aliphatic rings. The van der Waals surface area contributed by atoms with E-state index in [0.29, 0.717) is 37.6 Å². The summed E-state index contributed by atoms with van der Waals surface area (Å²) in [5.41, 5.74) is 0.515. The van der Waals surface area contributed by atoms with Gasteiger partial charge in [0.1, 0.15) is 5.75 Å². The van der Waals surface area contributed by atoms with Crippen LogP contribution in [-0.4, -0.2) is 58.4 Å². The van der Waals surface area contributed by atoms with Crippen molar-refractivity contribution in [2.45, 2.75) is 43.8 Å². The maximum atomic E-state index is 12.3. The highest BCUT2D eigenvalue weighted by Gasteiger charge is 2.40. The summed E-state index contributed by atoms with van der Waals surface area (Å²) in [4.78, 5) is 6.61. The van der Waals surface area contributed by atoms with Gasteiger partial charge in [0.2, 0.25) is 11.7 Å². The van der Waals surface area contributed by atoms with Gasteiger partial charge in [0.25, 0.3) is 0 Å². The van der Waals surface area contributed by atoms with E-state index in [1.807, 2.05) is 0 Å². The molecular formula is C18H20F3N3O4. The number of halogens is 3. The number of aromatic nitrogens is 2. The Morgan fingerprint density at radius 3 is 2.54 bits per heavy atom. The molecule has 0 spiro atoms. The standard InChI is InChI=1S/C18H20F3N3O4/c19-18(20,21)27-14-3-1-11(2-4-14)16-22-17(28-23-16)15-9-13(25)10-24(15)12-5-7-26-8-6-12/h1-4,12-13,15,25H,5-10H2. The van der Waals surface area contributed by atoms with E-state index in [2.05, 4.69) is 19.8 Å². The van der Waals surface area contributed by atoms with Gasteiger partial charge in [-0.25, -0.2) is 0 Å². The Bertz CT molecular complexity index is 790. The molecule has 2 saturated heterocycles. The number of likely N-dealkylation sites (tertiary alicyclic amines) is 1. The number of aliphatic hydroxyl groups excluding tert-OH is 1. The number of aliphatic hydroxyl groups is 1. The van der Waals surface area contributed by atoms with Crippen molar-refractivity contribution in [3.63, 3.8) is 0 Å². The second-order valence-corrected chi connectivity index (χ2v) is 6.97. The van der Waals surface area contributed by atoms with Gasteiger partial charge in [0.05, 0.1) is 12.1 Å². The molecule has 2 unspecified atom stereocenters. The molecule has 3 heterocycles. The number of nitrogens with zero attached hydrogens (tertiary/aromatic N) is 3. The molecule has 10 heteroatoms. The molecule has 7 nitrogen and oxygen atoms in total. The zero-order chi connectivity index (χ0) is 19.7. The van der Waals surface area contributed by atoms with E-state index in [1.54, 1.807) is 0 Å². The van der Waals surface area contributed by atoms with Crippen LogP contribution < -0.4 is 4.74 Å². The zero-order valence-corrected chi connectivity index (χ0v) is 14.9. The second kappa shape index (κ2) is 7.69. The van der Waals surface area contributed by atoms with Crippen LogP contribution in [0.2, 0.25) is 0 Å².